The van der Waals surface area contributed by atoms with Crippen molar-refractivity contribution in [2.45, 2.75) is 51.0 Å². The van der Waals surface area contributed by atoms with Crippen LogP contribution in [-0.4, -0.2) is 31.4 Å². The summed E-state index contributed by atoms with van der Waals surface area (Å²) in [5.74, 6) is 0.897. The van der Waals surface area contributed by atoms with E-state index in [2.05, 4.69) is 11.6 Å². The molecule has 1 aliphatic rings. The molecule has 0 radical (unpaired) electrons. The van der Waals surface area contributed by atoms with Gasteiger partial charge < -0.3 is 10.6 Å². The lowest BCUT2D eigenvalue weighted by atomic mass is 9.85. The van der Waals surface area contributed by atoms with E-state index in [1.54, 1.807) is 0 Å². The second-order valence-corrected chi connectivity index (χ2v) is 5.28. The summed E-state index contributed by atoms with van der Waals surface area (Å²) in [6, 6.07) is 0.164. The van der Waals surface area contributed by atoms with Crippen molar-refractivity contribution in [2.75, 3.05) is 14.1 Å². The van der Waals surface area contributed by atoms with Crippen LogP contribution in [0.25, 0.3) is 0 Å². The Morgan fingerprint density at radius 3 is 2.59 bits per heavy atom. The first-order valence-electron chi connectivity index (χ1n) is 6.74. The normalized spacial score (nSPS) is 19.4. The van der Waals surface area contributed by atoms with E-state index in [0.717, 1.165) is 18.0 Å². The number of rotatable bonds is 6. The van der Waals surface area contributed by atoms with Crippen molar-refractivity contribution in [3.8, 4) is 0 Å². The number of hydrogen-bond donors (Lipinski definition) is 1. The highest BCUT2D eigenvalue weighted by Crippen LogP contribution is 2.29. The van der Waals surface area contributed by atoms with Gasteiger partial charge >= 0.3 is 0 Å². The van der Waals surface area contributed by atoms with E-state index < -0.39 is 0 Å². The van der Waals surface area contributed by atoms with Gasteiger partial charge in [0.1, 0.15) is 0 Å². The van der Waals surface area contributed by atoms with Crippen LogP contribution in [0.4, 0.5) is 0 Å². The maximum Gasteiger partial charge on any atom is 0.0907 e. The van der Waals surface area contributed by atoms with Crippen LogP contribution in [0, 0.1) is 5.92 Å². The highest BCUT2D eigenvalue weighted by Gasteiger charge is 2.18. The molecule has 1 fully saturated rings. The lowest BCUT2D eigenvalue weighted by Crippen LogP contribution is -2.23. The molecule has 1 saturated carbocycles. The zero-order valence-electron chi connectivity index (χ0n) is 11.4. The molecule has 0 heterocycles. The fraction of sp³-hybridized carbons (Fsp3) is 0.786. The first kappa shape index (κ1) is 14.1. The second-order valence-electron chi connectivity index (χ2n) is 5.28. The molecule has 1 atom stereocenters. The quantitative estimate of drug-likeness (QED) is 0.570. The van der Waals surface area contributed by atoms with Gasteiger partial charge in [-0.05, 0) is 18.8 Å². The molecule has 0 saturated heterocycles. The van der Waals surface area contributed by atoms with Crippen LogP contribution in [0.3, 0.4) is 0 Å². The minimum atomic E-state index is 0.164. The van der Waals surface area contributed by atoms with Gasteiger partial charge in [-0.15, -0.1) is 0 Å². The van der Waals surface area contributed by atoms with E-state index in [1.165, 1.54) is 44.9 Å². The minimum absolute atomic E-state index is 0.164. The van der Waals surface area contributed by atoms with Crippen LogP contribution in [0.1, 0.15) is 44.9 Å². The van der Waals surface area contributed by atoms with Gasteiger partial charge in [-0.3, -0.25) is 4.99 Å². The van der Waals surface area contributed by atoms with Gasteiger partial charge in [0, 0.05) is 19.8 Å². The smallest absolute Gasteiger partial charge is 0.0907 e. The van der Waals surface area contributed by atoms with E-state index in [9.17, 15) is 0 Å². The molecule has 17 heavy (non-hydrogen) atoms. The highest BCUT2D eigenvalue weighted by molar-refractivity contribution is 5.52. The lowest BCUT2D eigenvalue weighted by molar-refractivity contribution is 0.321. The van der Waals surface area contributed by atoms with Gasteiger partial charge in [-0.2, -0.15) is 0 Å². The summed E-state index contributed by atoms with van der Waals surface area (Å²) in [4.78, 5) is 6.38. The Morgan fingerprint density at radius 1 is 1.41 bits per heavy atom. The van der Waals surface area contributed by atoms with Crippen molar-refractivity contribution in [1.29, 1.82) is 0 Å². The average molecular weight is 237 g/mol. The number of hydrogen-bond acceptors (Lipinski definition) is 2. The number of likely N-dealkylation sites (N-methyl/N-ethyl adjacent to an activating group) is 1. The van der Waals surface area contributed by atoms with Crippen LogP contribution >= 0.6 is 0 Å². The van der Waals surface area contributed by atoms with Crippen molar-refractivity contribution >= 4 is 6.34 Å². The van der Waals surface area contributed by atoms with E-state index in [1.807, 2.05) is 19.0 Å². The van der Waals surface area contributed by atoms with Crippen molar-refractivity contribution in [3.63, 3.8) is 0 Å². The molecular formula is C14H27N3. The Morgan fingerprint density at radius 2 is 2.06 bits per heavy atom. The maximum absolute atomic E-state index is 5.42. The lowest BCUT2D eigenvalue weighted by Gasteiger charge is -2.26. The van der Waals surface area contributed by atoms with Gasteiger partial charge in [0.05, 0.1) is 12.4 Å². The van der Waals surface area contributed by atoms with Crippen molar-refractivity contribution in [3.05, 3.63) is 12.3 Å². The predicted octanol–water partition coefficient (Wildman–Crippen LogP) is 2.78. The number of nitrogens with zero attached hydrogens (tertiary/aromatic N) is 2. The zero-order chi connectivity index (χ0) is 12.7. The maximum atomic E-state index is 5.42. The second kappa shape index (κ2) is 7.36. The molecule has 0 amide bonds. The molecule has 3 heteroatoms. The molecule has 2 N–H and O–H groups in total. The van der Waals surface area contributed by atoms with E-state index >= 15 is 0 Å². The Bertz CT molecular complexity index is 252. The minimum Gasteiger partial charge on any atom is -0.390 e. The SMILES string of the molecule is C=C(C(CCC1CCCCC1)N=CN)N(C)C. The number of aliphatic imine (C=N–C) groups is 1. The Balaban J connectivity index is 2.40. The number of nitrogens with two attached hydrogens (primary N) is 1. The highest BCUT2D eigenvalue weighted by atomic mass is 15.1. The molecule has 3 nitrogen and oxygen atoms in total. The largest absolute Gasteiger partial charge is 0.390 e. The van der Waals surface area contributed by atoms with E-state index in [4.69, 9.17) is 5.73 Å². The molecule has 0 bridgehead atoms. The van der Waals surface area contributed by atoms with Crippen LogP contribution in [0.5, 0.6) is 0 Å². The van der Waals surface area contributed by atoms with E-state index in [0.29, 0.717) is 0 Å². The van der Waals surface area contributed by atoms with Crippen molar-refractivity contribution in [2.24, 2.45) is 16.6 Å². The van der Waals surface area contributed by atoms with Gasteiger partial charge in [-0.1, -0.05) is 38.7 Å². The standard InChI is InChI=1S/C14H27N3/c1-12(17(2)3)14(16-11-15)10-9-13-7-5-4-6-8-13/h11,13-14H,1,4-10H2,2-3H3,(H2,15,16). The third-order valence-corrected chi connectivity index (χ3v) is 3.80. The molecule has 1 aliphatic carbocycles. The third-order valence-electron chi connectivity index (χ3n) is 3.80. The predicted molar refractivity (Wildman–Crippen MR) is 75.1 cm³/mol. The topological polar surface area (TPSA) is 41.6 Å². The van der Waals surface area contributed by atoms with Crippen LogP contribution in [0.15, 0.2) is 17.3 Å². The van der Waals surface area contributed by atoms with E-state index in [-0.39, 0.29) is 6.04 Å². The summed E-state index contributed by atoms with van der Waals surface area (Å²) < 4.78 is 0. The molecule has 98 valence electrons. The summed E-state index contributed by atoms with van der Waals surface area (Å²) in [5, 5.41) is 0. The van der Waals surface area contributed by atoms with Crippen molar-refractivity contribution in [1.82, 2.24) is 4.90 Å². The molecule has 0 spiro atoms. The molecular weight excluding hydrogens is 210 g/mol. The van der Waals surface area contributed by atoms with Gasteiger partial charge in [-0.25, -0.2) is 0 Å². The van der Waals surface area contributed by atoms with Crippen LogP contribution in [0.2, 0.25) is 0 Å². The van der Waals surface area contributed by atoms with Gasteiger partial charge in [0.25, 0.3) is 0 Å². The van der Waals surface area contributed by atoms with Gasteiger partial charge in [0.2, 0.25) is 0 Å². The average Bonchev–Trinajstić information content (AvgIpc) is 2.34. The Hall–Kier alpha value is -0.990. The first-order valence-corrected chi connectivity index (χ1v) is 6.74. The fourth-order valence-corrected chi connectivity index (χ4v) is 2.60. The molecule has 0 aromatic carbocycles. The fourth-order valence-electron chi connectivity index (χ4n) is 2.60. The summed E-state index contributed by atoms with van der Waals surface area (Å²) >= 11 is 0. The summed E-state index contributed by atoms with van der Waals surface area (Å²) in [5.41, 5.74) is 6.48. The molecule has 0 aromatic rings. The first-order chi connectivity index (χ1) is 8.15. The van der Waals surface area contributed by atoms with Crippen LogP contribution < -0.4 is 5.73 Å². The third kappa shape index (κ3) is 4.80. The summed E-state index contributed by atoms with van der Waals surface area (Å²) in [6.45, 7) is 4.09. The monoisotopic (exact) mass is 237 g/mol. The molecule has 0 aromatic heterocycles. The molecule has 1 unspecified atom stereocenters. The summed E-state index contributed by atoms with van der Waals surface area (Å²) in [6.07, 6.45) is 10.8. The summed E-state index contributed by atoms with van der Waals surface area (Å²) in [7, 11) is 4.03. The van der Waals surface area contributed by atoms with Crippen molar-refractivity contribution < 1.29 is 0 Å². The van der Waals surface area contributed by atoms with Crippen LogP contribution in [-0.2, 0) is 0 Å². The Kier molecular flexibility index (Phi) is 6.09. The van der Waals surface area contributed by atoms with Gasteiger partial charge in [0.15, 0.2) is 0 Å². The zero-order valence-corrected chi connectivity index (χ0v) is 11.4. The Labute approximate surface area is 106 Å². The molecule has 1 rings (SSSR count). The molecule has 0 aliphatic heterocycles.